The number of benzene rings is 1. The molecule has 2 heterocycles. The molecule has 1 fully saturated rings. The zero-order valence-electron chi connectivity index (χ0n) is 17.2. The number of carbonyl (C=O) groups excluding carboxylic acids is 2. The average molecular weight is 467 g/mol. The highest BCUT2D eigenvalue weighted by atomic mass is 35.5. The fourth-order valence-corrected chi connectivity index (χ4v) is 4.53. The van der Waals surface area contributed by atoms with Gasteiger partial charge in [0.25, 0.3) is 5.69 Å². The molecule has 3 rings (SSSR count). The Balaban J connectivity index is 1.55. The molecule has 1 saturated heterocycles. The molecule has 0 atom stereocenters. The van der Waals surface area contributed by atoms with E-state index in [1.54, 1.807) is 32.0 Å². The van der Waals surface area contributed by atoms with Gasteiger partial charge < -0.3 is 15.0 Å². The fraction of sp³-hybridized carbons (Fsp3) is 0.400. The van der Waals surface area contributed by atoms with Crippen LogP contribution < -0.4 is 10.2 Å². The van der Waals surface area contributed by atoms with Gasteiger partial charge in [-0.1, -0.05) is 11.6 Å². The number of hydrogen-bond acceptors (Lipinski definition) is 8. The molecule has 11 heteroatoms. The molecule has 0 saturated carbocycles. The standard InChI is InChI=1S/C20H23ClN4O5S/c1-3-30-20(27)19-13(2)10-18(31-19)22-17(26)12-23-6-8-24(9-7-23)15-5-4-14(21)11-16(15)25(28)29/h4-5,10-11H,3,6-9,12H2,1-2H3,(H,22,26). The highest BCUT2D eigenvalue weighted by Crippen LogP contribution is 2.32. The van der Waals surface area contributed by atoms with Gasteiger partial charge in [0, 0.05) is 37.3 Å². The van der Waals surface area contributed by atoms with Crippen LogP contribution in [0.1, 0.15) is 22.2 Å². The first-order valence-corrected chi connectivity index (χ1v) is 11.0. The molecule has 1 aromatic heterocycles. The zero-order valence-corrected chi connectivity index (χ0v) is 18.8. The Labute approximate surface area is 188 Å². The number of anilines is 2. The summed E-state index contributed by atoms with van der Waals surface area (Å²) in [5.74, 6) is -0.569. The first-order chi connectivity index (χ1) is 14.8. The maximum Gasteiger partial charge on any atom is 0.348 e. The number of nitro groups is 1. The normalized spacial score (nSPS) is 14.4. The molecule has 1 aliphatic rings. The molecule has 0 aliphatic carbocycles. The van der Waals surface area contributed by atoms with E-state index in [0.29, 0.717) is 53.4 Å². The summed E-state index contributed by atoms with van der Waals surface area (Å²) in [5, 5.41) is 15.1. The topological polar surface area (TPSA) is 105 Å². The summed E-state index contributed by atoms with van der Waals surface area (Å²) in [5.41, 5.74) is 1.26. The minimum atomic E-state index is -0.436. The van der Waals surface area contributed by atoms with Crippen LogP contribution in [0.25, 0.3) is 0 Å². The van der Waals surface area contributed by atoms with Crippen molar-refractivity contribution in [2.75, 3.05) is 49.5 Å². The quantitative estimate of drug-likeness (QED) is 0.378. The number of rotatable bonds is 7. The van der Waals surface area contributed by atoms with Crippen molar-refractivity contribution in [1.82, 2.24) is 4.90 Å². The summed E-state index contributed by atoms with van der Waals surface area (Å²) >= 11 is 7.08. The predicted molar refractivity (Wildman–Crippen MR) is 120 cm³/mol. The number of nitrogens with zero attached hydrogens (tertiary/aromatic N) is 3. The number of thiophene rings is 1. The Morgan fingerprint density at radius 3 is 2.61 bits per heavy atom. The zero-order chi connectivity index (χ0) is 22.5. The van der Waals surface area contributed by atoms with Crippen molar-refractivity contribution < 1.29 is 19.2 Å². The minimum Gasteiger partial charge on any atom is -0.462 e. The van der Waals surface area contributed by atoms with Crippen LogP contribution in [-0.4, -0.2) is 61.0 Å². The Morgan fingerprint density at radius 2 is 1.97 bits per heavy atom. The molecule has 166 valence electrons. The van der Waals surface area contributed by atoms with Gasteiger partial charge in [0.2, 0.25) is 5.91 Å². The largest absolute Gasteiger partial charge is 0.462 e. The van der Waals surface area contributed by atoms with E-state index >= 15 is 0 Å². The van der Waals surface area contributed by atoms with E-state index in [-0.39, 0.29) is 18.1 Å². The molecule has 1 aromatic carbocycles. The second kappa shape index (κ2) is 10.1. The van der Waals surface area contributed by atoms with Crippen LogP contribution in [-0.2, 0) is 9.53 Å². The van der Waals surface area contributed by atoms with E-state index < -0.39 is 10.9 Å². The van der Waals surface area contributed by atoms with Crippen LogP contribution >= 0.6 is 22.9 Å². The molecule has 2 aromatic rings. The number of aryl methyl sites for hydroxylation is 1. The average Bonchev–Trinajstić information content (AvgIpc) is 3.08. The fourth-order valence-electron chi connectivity index (χ4n) is 3.38. The molecule has 1 amide bonds. The number of carbonyl (C=O) groups is 2. The first-order valence-electron chi connectivity index (χ1n) is 9.77. The lowest BCUT2D eigenvalue weighted by atomic mass is 10.2. The summed E-state index contributed by atoms with van der Waals surface area (Å²) in [6.45, 7) is 6.32. The number of nitrogens with one attached hydrogen (secondary N) is 1. The third kappa shape index (κ3) is 5.72. The Kier molecular flexibility index (Phi) is 7.47. The molecule has 0 spiro atoms. The summed E-state index contributed by atoms with van der Waals surface area (Å²) in [6, 6.07) is 6.40. The summed E-state index contributed by atoms with van der Waals surface area (Å²) in [6.07, 6.45) is 0. The Morgan fingerprint density at radius 1 is 1.26 bits per heavy atom. The van der Waals surface area contributed by atoms with E-state index in [2.05, 4.69) is 5.32 Å². The SMILES string of the molecule is CCOC(=O)c1sc(NC(=O)CN2CCN(c3ccc(Cl)cc3[N+](=O)[O-])CC2)cc1C. The van der Waals surface area contributed by atoms with E-state index in [9.17, 15) is 19.7 Å². The van der Waals surface area contributed by atoms with Crippen molar-refractivity contribution in [3.8, 4) is 0 Å². The van der Waals surface area contributed by atoms with Crippen molar-refractivity contribution in [2.24, 2.45) is 0 Å². The van der Waals surface area contributed by atoms with Gasteiger partial charge in [-0.25, -0.2) is 4.79 Å². The second-order valence-electron chi connectivity index (χ2n) is 7.04. The van der Waals surface area contributed by atoms with Crippen LogP contribution in [0.2, 0.25) is 5.02 Å². The van der Waals surface area contributed by atoms with E-state index in [0.717, 1.165) is 5.56 Å². The molecule has 0 unspecified atom stereocenters. The number of nitro benzene ring substituents is 1. The molecule has 31 heavy (non-hydrogen) atoms. The van der Waals surface area contributed by atoms with Gasteiger partial charge in [0.1, 0.15) is 10.6 Å². The Hall–Kier alpha value is -2.69. The highest BCUT2D eigenvalue weighted by Gasteiger charge is 2.25. The van der Waals surface area contributed by atoms with Gasteiger partial charge in [0.05, 0.1) is 23.1 Å². The number of amides is 1. The molecule has 0 bridgehead atoms. The van der Waals surface area contributed by atoms with Gasteiger partial charge in [-0.05, 0) is 37.6 Å². The van der Waals surface area contributed by atoms with E-state index in [1.165, 1.54) is 17.4 Å². The highest BCUT2D eigenvalue weighted by molar-refractivity contribution is 7.18. The maximum absolute atomic E-state index is 12.4. The number of halogens is 1. The van der Waals surface area contributed by atoms with Crippen molar-refractivity contribution in [3.05, 3.63) is 49.8 Å². The monoisotopic (exact) mass is 466 g/mol. The smallest absolute Gasteiger partial charge is 0.348 e. The lowest BCUT2D eigenvalue weighted by molar-refractivity contribution is -0.384. The third-order valence-electron chi connectivity index (χ3n) is 4.86. The van der Waals surface area contributed by atoms with Crippen LogP contribution in [0.4, 0.5) is 16.4 Å². The van der Waals surface area contributed by atoms with Gasteiger partial charge in [-0.15, -0.1) is 11.3 Å². The van der Waals surface area contributed by atoms with Crippen molar-refractivity contribution in [3.63, 3.8) is 0 Å². The van der Waals surface area contributed by atoms with Crippen LogP contribution in [0.5, 0.6) is 0 Å². The summed E-state index contributed by atoms with van der Waals surface area (Å²) < 4.78 is 5.02. The molecule has 1 N–H and O–H groups in total. The van der Waals surface area contributed by atoms with Crippen LogP contribution in [0.15, 0.2) is 24.3 Å². The molecule has 0 radical (unpaired) electrons. The molecular weight excluding hydrogens is 444 g/mol. The van der Waals surface area contributed by atoms with Crippen molar-refractivity contribution in [2.45, 2.75) is 13.8 Å². The van der Waals surface area contributed by atoms with Gasteiger partial charge in [-0.3, -0.25) is 19.8 Å². The van der Waals surface area contributed by atoms with Crippen LogP contribution in [0.3, 0.4) is 0 Å². The number of piperazine rings is 1. The number of esters is 1. The van der Waals surface area contributed by atoms with Gasteiger partial charge in [0.15, 0.2) is 0 Å². The van der Waals surface area contributed by atoms with Gasteiger partial charge >= 0.3 is 5.97 Å². The minimum absolute atomic E-state index is 0.0239. The maximum atomic E-state index is 12.4. The summed E-state index contributed by atoms with van der Waals surface area (Å²) in [7, 11) is 0. The third-order valence-corrected chi connectivity index (χ3v) is 6.22. The molecule has 9 nitrogen and oxygen atoms in total. The van der Waals surface area contributed by atoms with Gasteiger partial charge in [-0.2, -0.15) is 0 Å². The Bertz CT molecular complexity index is 988. The van der Waals surface area contributed by atoms with Crippen molar-refractivity contribution in [1.29, 1.82) is 0 Å². The van der Waals surface area contributed by atoms with Crippen LogP contribution in [0, 0.1) is 17.0 Å². The summed E-state index contributed by atoms with van der Waals surface area (Å²) in [4.78, 5) is 39.7. The molecular formula is C20H23ClN4O5S. The number of hydrogen-bond donors (Lipinski definition) is 1. The first kappa shape index (κ1) is 23.0. The second-order valence-corrected chi connectivity index (χ2v) is 8.53. The predicted octanol–water partition coefficient (Wildman–Crippen LogP) is 3.56. The van der Waals surface area contributed by atoms with E-state index in [4.69, 9.17) is 16.3 Å². The number of ether oxygens (including phenoxy) is 1. The van der Waals surface area contributed by atoms with E-state index in [1.807, 2.05) is 9.80 Å². The lowest BCUT2D eigenvalue weighted by Crippen LogP contribution is -2.48. The van der Waals surface area contributed by atoms with Crippen molar-refractivity contribution >= 4 is 51.2 Å². The lowest BCUT2D eigenvalue weighted by Gasteiger charge is -2.35. The molecule has 1 aliphatic heterocycles.